The number of nitrogens with zero attached hydrogens (tertiary/aromatic N) is 2. The van der Waals surface area contributed by atoms with Crippen molar-refractivity contribution in [3.8, 4) is 11.3 Å². The summed E-state index contributed by atoms with van der Waals surface area (Å²) in [5.41, 5.74) is 0.396. The largest absolute Gasteiger partial charge is 0.479 e. The summed E-state index contributed by atoms with van der Waals surface area (Å²) in [4.78, 5) is 15.4. The molecule has 2 fully saturated rings. The molecule has 2 saturated heterocycles. The lowest BCUT2D eigenvalue weighted by Gasteiger charge is -2.51. The predicted molar refractivity (Wildman–Crippen MR) is 110 cm³/mol. The first-order chi connectivity index (χ1) is 12.6. The first-order valence-corrected chi connectivity index (χ1v) is 10.3. The van der Waals surface area contributed by atoms with Crippen molar-refractivity contribution in [2.75, 3.05) is 0 Å². The van der Waals surface area contributed by atoms with Gasteiger partial charge in [0.2, 0.25) is 0 Å². The molecule has 0 bridgehead atoms. The van der Waals surface area contributed by atoms with Gasteiger partial charge in [-0.25, -0.2) is 4.79 Å². The third-order valence-electron chi connectivity index (χ3n) is 5.59. The molecule has 142 valence electrons. The van der Waals surface area contributed by atoms with Crippen LogP contribution in [0.15, 0.2) is 28.8 Å². The van der Waals surface area contributed by atoms with Crippen LogP contribution in [0, 0.1) is 12.8 Å². The Labute approximate surface area is 172 Å². The van der Waals surface area contributed by atoms with E-state index in [-0.39, 0.29) is 11.3 Å². The van der Waals surface area contributed by atoms with Crippen LogP contribution in [0.1, 0.15) is 32.1 Å². The summed E-state index contributed by atoms with van der Waals surface area (Å²) in [7, 11) is 0. The summed E-state index contributed by atoms with van der Waals surface area (Å²) in [5.74, 6) is -0.323. The molecule has 0 unspecified atom stereocenters. The number of benzene rings is 1. The number of hydrogen-bond donors (Lipinski definition) is 1. The molecule has 0 saturated carbocycles. The average molecular weight is 423 g/mol. The molecule has 2 aliphatic rings. The van der Waals surface area contributed by atoms with E-state index in [2.05, 4.69) is 5.16 Å². The average Bonchev–Trinajstić information content (AvgIpc) is 3.08. The van der Waals surface area contributed by atoms with Crippen LogP contribution in [0.25, 0.3) is 11.3 Å². The van der Waals surface area contributed by atoms with Crippen LogP contribution in [-0.2, 0) is 10.3 Å². The zero-order chi connectivity index (χ0) is 19.7. The predicted octanol–water partition coefficient (Wildman–Crippen LogP) is 4.71. The summed E-state index contributed by atoms with van der Waals surface area (Å²) < 4.78 is 4.85. The van der Waals surface area contributed by atoms with Gasteiger partial charge in [0.05, 0.1) is 20.7 Å². The summed E-state index contributed by atoms with van der Waals surface area (Å²) >= 11 is 13.4. The van der Waals surface area contributed by atoms with Gasteiger partial charge in [-0.2, -0.15) is 0 Å². The summed E-state index contributed by atoms with van der Waals surface area (Å²) in [6.07, 6.45) is 0. The molecule has 0 aliphatic carbocycles. The van der Waals surface area contributed by atoms with Crippen molar-refractivity contribution in [1.82, 2.24) is 10.1 Å². The second-order valence-corrected chi connectivity index (χ2v) is 10.1. The fourth-order valence-electron chi connectivity index (χ4n) is 4.32. The molecule has 8 heteroatoms. The number of thiocarbonyl (C=S) groups is 1. The Bertz CT molecular complexity index is 974. The van der Waals surface area contributed by atoms with Gasteiger partial charge in [0, 0.05) is 16.5 Å². The van der Waals surface area contributed by atoms with E-state index in [0.29, 0.717) is 27.0 Å². The minimum atomic E-state index is -1.37. The molecule has 0 radical (unpaired) electrons. The van der Waals surface area contributed by atoms with Gasteiger partial charge in [-0.1, -0.05) is 48.0 Å². The van der Waals surface area contributed by atoms with Crippen molar-refractivity contribution >= 4 is 46.5 Å². The monoisotopic (exact) mass is 422 g/mol. The normalized spacial score (nSPS) is 28.8. The molecule has 1 aromatic carbocycles. The van der Waals surface area contributed by atoms with Crippen molar-refractivity contribution in [3.05, 3.63) is 40.6 Å². The van der Waals surface area contributed by atoms with Crippen LogP contribution in [0.5, 0.6) is 0 Å². The van der Waals surface area contributed by atoms with Crippen molar-refractivity contribution in [1.29, 1.82) is 0 Å². The van der Waals surface area contributed by atoms with Gasteiger partial charge in [-0.3, -0.25) is 0 Å². The molecule has 3 atom stereocenters. The molecule has 1 aromatic heterocycles. The Morgan fingerprint density at radius 2 is 2.15 bits per heavy atom. The number of carboxylic acids is 1. The van der Waals surface area contributed by atoms with E-state index in [0.717, 1.165) is 5.56 Å². The first kappa shape index (κ1) is 18.8. The third-order valence-corrected chi connectivity index (χ3v) is 8.14. The van der Waals surface area contributed by atoms with Gasteiger partial charge in [-0.15, -0.1) is 11.8 Å². The number of halogens is 1. The molecule has 2 aromatic rings. The second kappa shape index (κ2) is 5.96. The van der Waals surface area contributed by atoms with Gasteiger partial charge in [0.15, 0.2) is 5.54 Å². The molecule has 0 spiro atoms. The molecule has 2 aliphatic heterocycles. The number of carbonyl (C=O) groups is 1. The van der Waals surface area contributed by atoms with E-state index >= 15 is 0 Å². The number of aliphatic carboxylic acids is 1. The number of fused-ring (bicyclic) bond motifs is 1. The van der Waals surface area contributed by atoms with Crippen LogP contribution in [0.2, 0.25) is 5.02 Å². The number of aryl methyl sites for hydroxylation is 1. The summed E-state index contributed by atoms with van der Waals surface area (Å²) in [5, 5.41) is 15.3. The van der Waals surface area contributed by atoms with Crippen molar-refractivity contribution in [2.45, 2.75) is 43.4 Å². The molecule has 1 N–H and O–H groups in total. The second-order valence-electron chi connectivity index (χ2n) is 7.50. The van der Waals surface area contributed by atoms with Gasteiger partial charge >= 0.3 is 5.97 Å². The van der Waals surface area contributed by atoms with Crippen molar-refractivity contribution < 1.29 is 14.4 Å². The molecule has 0 amide bonds. The van der Waals surface area contributed by atoms with Crippen LogP contribution < -0.4 is 0 Å². The Kier molecular flexibility index (Phi) is 4.15. The number of carboxylic acid groups (broad SMARTS) is 1. The van der Waals surface area contributed by atoms with Gasteiger partial charge < -0.3 is 14.5 Å². The Hall–Kier alpha value is -1.57. The van der Waals surface area contributed by atoms with Crippen molar-refractivity contribution in [2.24, 2.45) is 5.92 Å². The molecule has 5 nitrogen and oxygen atoms in total. The van der Waals surface area contributed by atoms with E-state index in [1.807, 2.05) is 37.8 Å². The van der Waals surface area contributed by atoms with Crippen LogP contribution in [-0.4, -0.2) is 36.2 Å². The number of thioether (sulfide) groups is 1. The highest BCUT2D eigenvalue weighted by Crippen LogP contribution is 2.64. The third kappa shape index (κ3) is 2.28. The first-order valence-electron chi connectivity index (χ1n) is 8.60. The zero-order valence-corrected chi connectivity index (χ0v) is 17.7. The highest BCUT2D eigenvalue weighted by atomic mass is 35.5. The van der Waals surface area contributed by atoms with E-state index in [1.54, 1.807) is 30.8 Å². The molecular formula is C19H19ClN2O3S2. The van der Waals surface area contributed by atoms with Crippen LogP contribution in [0.4, 0.5) is 0 Å². The van der Waals surface area contributed by atoms with E-state index in [9.17, 15) is 9.90 Å². The van der Waals surface area contributed by atoms with Crippen LogP contribution in [0.3, 0.4) is 0 Å². The van der Waals surface area contributed by atoms with Gasteiger partial charge in [-0.05, 0) is 32.9 Å². The number of aromatic nitrogens is 1. The zero-order valence-electron chi connectivity index (χ0n) is 15.3. The number of hydrogen-bond acceptors (Lipinski definition) is 5. The topological polar surface area (TPSA) is 66.6 Å². The SMILES string of the molecule is Cc1onc(-c2cccc(Cl)c2)c1[C@@]1(C(=O)O)N2C(=S)[C@@H](C)[C@H]2SC1(C)C. The maximum Gasteiger partial charge on any atom is 0.336 e. The fourth-order valence-corrected chi connectivity index (χ4v) is 6.81. The number of rotatable bonds is 3. The summed E-state index contributed by atoms with van der Waals surface area (Å²) in [6.45, 7) is 7.70. The smallest absolute Gasteiger partial charge is 0.336 e. The molecular weight excluding hydrogens is 404 g/mol. The highest BCUT2D eigenvalue weighted by Gasteiger charge is 2.72. The maximum absolute atomic E-state index is 12.9. The lowest BCUT2D eigenvalue weighted by molar-refractivity contribution is -0.152. The summed E-state index contributed by atoms with van der Waals surface area (Å²) in [6, 6.07) is 7.20. The molecule has 3 heterocycles. The van der Waals surface area contributed by atoms with Crippen LogP contribution >= 0.6 is 35.6 Å². The van der Waals surface area contributed by atoms with Crippen molar-refractivity contribution in [3.63, 3.8) is 0 Å². The Morgan fingerprint density at radius 1 is 1.44 bits per heavy atom. The highest BCUT2D eigenvalue weighted by molar-refractivity contribution is 8.01. The quantitative estimate of drug-likeness (QED) is 0.718. The lowest BCUT2D eigenvalue weighted by Crippen LogP contribution is -2.67. The minimum absolute atomic E-state index is 0.0186. The van der Waals surface area contributed by atoms with E-state index < -0.39 is 16.3 Å². The lowest BCUT2D eigenvalue weighted by atomic mass is 9.73. The van der Waals surface area contributed by atoms with E-state index in [1.165, 1.54) is 0 Å². The fraction of sp³-hybridized carbons (Fsp3) is 0.421. The van der Waals surface area contributed by atoms with Gasteiger partial charge in [0.1, 0.15) is 11.5 Å². The van der Waals surface area contributed by atoms with E-state index in [4.69, 9.17) is 28.3 Å². The maximum atomic E-state index is 12.9. The standard InChI is InChI=1S/C19H19ClN2O3S2/c1-9-15(26)22-16(9)27-18(3,4)19(22,17(23)24)13-10(2)25-21-14(13)11-6-5-7-12(20)8-11/h5-9,16H,1-4H3,(H,23,24)/t9-,16-,19+/m1/s1. The molecule has 27 heavy (non-hydrogen) atoms. The minimum Gasteiger partial charge on any atom is -0.479 e. The molecule has 4 rings (SSSR count). The van der Waals surface area contributed by atoms with Gasteiger partial charge in [0.25, 0.3) is 0 Å². The Balaban J connectivity index is 2.02. The Morgan fingerprint density at radius 3 is 2.78 bits per heavy atom.